The first-order chi connectivity index (χ1) is 34.1. The summed E-state index contributed by atoms with van der Waals surface area (Å²) in [7, 11) is 0. The smallest absolute Gasteiger partial charge is 0.243 e. The van der Waals surface area contributed by atoms with Crippen LogP contribution in [0.1, 0.15) is 119 Å². The van der Waals surface area contributed by atoms with E-state index in [0.717, 1.165) is 0 Å². The number of carbonyl (C=O) groups excluding carboxylic acids is 12. The molecule has 6 unspecified atom stereocenters. The zero-order chi connectivity index (χ0) is 55.2. The number of hydrogen-bond donors (Lipinski definition) is 11. The number of nitrogens with two attached hydrogens (primary N) is 2. The Hall–Kier alpha value is -7.14. The number of hydrogen-bond acceptors (Lipinski definition) is 12. The number of rotatable bonds is 20. The highest BCUT2D eigenvalue weighted by molar-refractivity contribution is 5.98. The molecule has 1 aliphatic heterocycles. The van der Waals surface area contributed by atoms with Crippen molar-refractivity contribution in [3.05, 3.63) is 35.9 Å². The average molecular weight is 1030 g/mol. The van der Waals surface area contributed by atoms with Crippen molar-refractivity contribution in [2.45, 2.75) is 168 Å². The second kappa shape index (κ2) is 30.0. The standard InChI is InChI=1S/C49H78N12O12/c1-10-28(4)41(59-47(72)40(27(2)3)54-30(6)62)48(73)57-34-20-22-39(66)61(26-38(65)60-49(7,8)9)23-15-14-18-32(56-46(71)33(19-21-36(50)63)55-42(67)29(5)53-44(34)69)45(70)58-35(43(68)52-25-37(51)64)24-31-16-12-11-13-17-31/h11-13,16-17,27-29,32-35,40-41H,10,14-15,18-26H2,1-9H3,(H2,50,63)(H2,51,64)(H,52,68)(H,53,69)(H,54,62)(H,55,67)(H,56,71)(H,57,73)(H,58,70)(H,59,72)(H,60,65)/t28?,29-,32?,33-,34?,35?,40?,41?/m0/s1. The third-order valence-corrected chi connectivity index (χ3v) is 11.8. The van der Waals surface area contributed by atoms with Crippen molar-refractivity contribution in [3.63, 3.8) is 0 Å². The number of nitrogens with zero attached hydrogens (tertiary/aromatic N) is 1. The second-order valence-electron chi connectivity index (χ2n) is 19.8. The summed E-state index contributed by atoms with van der Waals surface area (Å²) in [6.07, 6.45) is -0.985. The summed E-state index contributed by atoms with van der Waals surface area (Å²) in [6.45, 7) is 13.7. The van der Waals surface area contributed by atoms with Gasteiger partial charge in [0.15, 0.2) is 0 Å². The Labute approximate surface area is 426 Å². The molecule has 12 amide bonds. The van der Waals surface area contributed by atoms with Gasteiger partial charge in [-0.25, -0.2) is 0 Å². The number of nitrogens with one attached hydrogen (secondary N) is 9. The molecule has 8 atom stereocenters. The van der Waals surface area contributed by atoms with Crippen LogP contribution in [0.2, 0.25) is 0 Å². The Morgan fingerprint density at radius 2 is 1.44 bits per heavy atom. The minimum absolute atomic E-state index is 0.0371. The Morgan fingerprint density at radius 3 is 2.01 bits per heavy atom. The SMILES string of the molecule is CCC(C)C(NC(=O)C(NC(C)=O)C(C)C)C(=O)NC1CCC(=O)N(CC(=O)NC(C)(C)C)CCCCC(C(=O)NC(Cc2ccccc2)C(=O)NCC(N)=O)NC(=O)[C@H](CCC(N)=O)NC(=O)[C@H](C)NC1=O. The van der Waals surface area contributed by atoms with E-state index in [1.165, 1.54) is 18.7 Å². The molecular weight excluding hydrogens is 949 g/mol. The van der Waals surface area contributed by atoms with Crippen LogP contribution < -0.4 is 59.3 Å². The van der Waals surface area contributed by atoms with Crippen LogP contribution in [0.3, 0.4) is 0 Å². The lowest BCUT2D eigenvalue weighted by atomic mass is 9.96. The molecule has 24 heteroatoms. The van der Waals surface area contributed by atoms with Crippen molar-refractivity contribution >= 4 is 70.9 Å². The van der Waals surface area contributed by atoms with Crippen LogP contribution in [0.25, 0.3) is 0 Å². The van der Waals surface area contributed by atoms with E-state index in [9.17, 15) is 57.5 Å². The van der Waals surface area contributed by atoms with Crippen molar-refractivity contribution < 1.29 is 57.5 Å². The first-order valence-electron chi connectivity index (χ1n) is 24.7. The zero-order valence-electron chi connectivity index (χ0n) is 43.6. The zero-order valence-corrected chi connectivity index (χ0v) is 43.6. The minimum atomic E-state index is -1.51. The van der Waals surface area contributed by atoms with Gasteiger partial charge in [-0.2, -0.15) is 0 Å². The first kappa shape index (κ1) is 62.0. The largest absolute Gasteiger partial charge is 0.370 e. The van der Waals surface area contributed by atoms with Gasteiger partial charge in [0.2, 0.25) is 70.9 Å². The van der Waals surface area contributed by atoms with Crippen molar-refractivity contribution in [3.8, 4) is 0 Å². The quantitative estimate of drug-likeness (QED) is 0.0672. The van der Waals surface area contributed by atoms with Crippen LogP contribution in [0.15, 0.2) is 30.3 Å². The van der Waals surface area contributed by atoms with E-state index < -0.39 is 151 Å². The second-order valence-corrected chi connectivity index (χ2v) is 19.8. The Bertz CT molecular complexity index is 2130. The Kier molecular flexibility index (Phi) is 25.5. The molecular formula is C49H78N12O12. The highest BCUT2D eigenvalue weighted by Gasteiger charge is 2.36. The van der Waals surface area contributed by atoms with Crippen LogP contribution >= 0.6 is 0 Å². The van der Waals surface area contributed by atoms with Crippen LogP contribution in [0.4, 0.5) is 0 Å². The fourth-order valence-electron chi connectivity index (χ4n) is 7.63. The Morgan fingerprint density at radius 1 is 0.781 bits per heavy atom. The van der Waals surface area contributed by atoms with Gasteiger partial charge in [0.25, 0.3) is 0 Å². The van der Waals surface area contributed by atoms with Crippen LogP contribution in [0.5, 0.6) is 0 Å². The molecule has 0 aliphatic carbocycles. The van der Waals surface area contributed by atoms with Gasteiger partial charge in [0.05, 0.1) is 13.1 Å². The maximum Gasteiger partial charge on any atom is 0.243 e. The molecule has 73 heavy (non-hydrogen) atoms. The Balaban J connectivity index is 2.64. The van der Waals surface area contributed by atoms with Gasteiger partial charge < -0.3 is 64.2 Å². The van der Waals surface area contributed by atoms with Crippen molar-refractivity contribution in [1.82, 2.24) is 52.8 Å². The molecule has 13 N–H and O–H groups in total. The molecule has 0 spiro atoms. The van der Waals surface area contributed by atoms with Crippen molar-refractivity contribution in [2.75, 3.05) is 19.6 Å². The summed E-state index contributed by atoms with van der Waals surface area (Å²) in [6, 6.07) is -0.738. The number of benzene rings is 1. The first-order valence-corrected chi connectivity index (χ1v) is 24.7. The number of primary amides is 2. The number of amides is 12. The van der Waals surface area contributed by atoms with E-state index in [1.54, 1.807) is 78.8 Å². The molecule has 0 radical (unpaired) electrons. The van der Waals surface area contributed by atoms with E-state index in [2.05, 4.69) is 47.9 Å². The lowest BCUT2D eigenvalue weighted by molar-refractivity contribution is -0.138. The molecule has 24 nitrogen and oxygen atoms in total. The molecule has 1 aromatic rings. The van der Waals surface area contributed by atoms with Gasteiger partial charge in [-0.05, 0) is 77.2 Å². The third-order valence-electron chi connectivity index (χ3n) is 11.8. The highest BCUT2D eigenvalue weighted by Crippen LogP contribution is 2.15. The van der Waals surface area contributed by atoms with Gasteiger partial charge in [0, 0.05) is 38.3 Å². The van der Waals surface area contributed by atoms with E-state index in [1.807, 2.05) is 0 Å². The van der Waals surface area contributed by atoms with Gasteiger partial charge in [-0.1, -0.05) is 64.4 Å². The molecule has 1 aromatic carbocycles. The molecule has 0 aromatic heterocycles. The van der Waals surface area contributed by atoms with Gasteiger partial charge >= 0.3 is 0 Å². The summed E-state index contributed by atoms with van der Waals surface area (Å²) >= 11 is 0. The topological polar surface area (TPSA) is 368 Å². The summed E-state index contributed by atoms with van der Waals surface area (Å²) in [4.78, 5) is 161. The molecule has 1 saturated heterocycles. The lowest BCUT2D eigenvalue weighted by Crippen LogP contribution is -2.60. The molecule has 1 fully saturated rings. The van der Waals surface area contributed by atoms with Crippen LogP contribution in [-0.2, 0) is 64.0 Å². The van der Waals surface area contributed by atoms with E-state index in [0.29, 0.717) is 12.0 Å². The van der Waals surface area contributed by atoms with E-state index >= 15 is 0 Å². The summed E-state index contributed by atoms with van der Waals surface area (Å²) in [5.74, 6) is -9.98. The predicted octanol–water partition coefficient (Wildman–Crippen LogP) is -2.06. The normalized spacial score (nSPS) is 20.2. The van der Waals surface area contributed by atoms with Crippen LogP contribution in [0, 0.1) is 11.8 Å². The summed E-state index contributed by atoms with van der Waals surface area (Å²) in [5, 5.41) is 23.4. The summed E-state index contributed by atoms with van der Waals surface area (Å²) < 4.78 is 0. The van der Waals surface area contributed by atoms with Gasteiger partial charge in [0.1, 0.15) is 42.3 Å². The number of carbonyl (C=O) groups is 12. The molecule has 1 aliphatic rings. The minimum Gasteiger partial charge on any atom is -0.370 e. The maximum absolute atomic E-state index is 14.2. The van der Waals surface area contributed by atoms with E-state index in [4.69, 9.17) is 11.5 Å². The lowest BCUT2D eigenvalue weighted by Gasteiger charge is -2.30. The van der Waals surface area contributed by atoms with Gasteiger partial charge in [-0.15, -0.1) is 0 Å². The monoisotopic (exact) mass is 1030 g/mol. The molecule has 0 bridgehead atoms. The molecule has 2 rings (SSSR count). The molecule has 1 heterocycles. The van der Waals surface area contributed by atoms with Crippen molar-refractivity contribution in [2.24, 2.45) is 23.3 Å². The molecule has 406 valence electrons. The fraction of sp³-hybridized carbons (Fsp3) is 0.633. The third kappa shape index (κ3) is 22.9. The summed E-state index contributed by atoms with van der Waals surface area (Å²) in [5.41, 5.74) is 10.6. The van der Waals surface area contributed by atoms with E-state index in [-0.39, 0.29) is 51.0 Å². The predicted molar refractivity (Wildman–Crippen MR) is 267 cm³/mol. The van der Waals surface area contributed by atoms with Crippen LogP contribution in [-0.4, -0.2) is 143 Å². The average Bonchev–Trinajstić information content (AvgIpc) is 3.30. The van der Waals surface area contributed by atoms with Crippen molar-refractivity contribution in [1.29, 1.82) is 0 Å². The molecule has 0 saturated carbocycles. The fourth-order valence-corrected chi connectivity index (χ4v) is 7.63. The maximum atomic E-state index is 14.2. The van der Waals surface area contributed by atoms with Gasteiger partial charge in [-0.3, -0.25) is 57.5 Å². The highest BCUT2D eigenvalue weighted by atomic mass is 16.2.